The third-order valence-electron chi connectivity index (χ3n) is 4.74. The molecule has 0 aliphatic heterocycles. The number of hydrogen-bond acceptors (Lipinski definition) is 2. The van der Waals surface area contributed by atoms with E-state index in [2.05, 4.69) is 36.6 Å². The number of nitrogens with one attached hydrogen (secondary N) is 1. The third kappa shape index (κ3) is 3.41. The number of thiophene rings is 1. The van der Waals surface area contributed by atoms with Crippen molar-refractivity contribution < 1.29 is 0 Å². The van der Waals surface area contributed by atoms with Gasteiger partial charge in [0.1, 0.15) is 0 Å². The first-order valence-electron chi connectivity index (χ1n) is 8.13. The van der Waals surface area contributed by atoms with Crippen molar-refractivity contribution in [2.75, 3.05) is 0 Å². The van der Waals surface area contributed by atoms with E-state index >= 15 is 0 Å². The van der Waals surface area contributed by atoms with E-state index < -0.39 is 0 Å². The van der Waals surface area contributed by atoms with Gasteiger partial charge in [0.15, 0.2) is 0 Å². The number of fused-ring (bicyclic) bond motifs is 1. The van der Waals surface area contributed by atoms with Gasteiger partial charge in [0.05, 0.1) is 0 Å². The second-order valence-electron chi connectivity index (χ2n) is 6.48. The summed E-state index contributed by atoms with van der Waals surface area (Å²) in [5, 5.41) is 3.87. The van der Waals surface area contributed by atoms with E-state index in [0.717, 1.165) is 12.0 Å². The number of aryl methyl sites for hydroxylation is 2. The van der Waals surface area contributed by atoms with Gasteiger partial charge in [-0.15, -0.1) is 11.3 Å². The molecule has 0 amide bonds. The van der Waals surface area contributed by atoms with Gasteiger partial charge in [-0.2, -0.15) is 0 Å². The summed E-state index contributed by atoms with van der Waals surface area (Å²) in [6, 6.07) is 3.75. The highest BCUT2D eigenvalue weighted by Crippen LogP contribution is 2.36. The molecule has 0 saturated heterocycles. The van der Waals surface area contributed by atoms with E-state index in [1.807, 2.05) is 0 Å². The van der Waals surface area contributed by atoms with E-state index in [0.29, 0.717) is 6.04 Å². The minimum Gasteiger partial charge on any atom is -0.307 e. The van der Waals surface area contributed by atoms with Gasteiger partial charge >= 0.3 is 0 Å². The normalized spacial score (nSPS) is 22.0. The minimum absolute atomic E-state index is 0.541. The standard InChI is InChI=1S/C17H27NS/c1-3-15(10-13-8-9-13)18-12(2)17-11-14-6-4-5-7-16(14)19-17/h11-13,15,18H,3-10H2,1-2H3. The van der Waals surface area contributed by atoms with E-state index in [9.17, 15) is 0 Å². The number of hydrogen-bond donors (Lipinski definition) is 1. The molecule has 1 saturated carbocycles. The Kier molecular flexibility index (Phi) is 4.28. The number of rotatable bonds is 6. The van der Waals surface area contributed by atoms with Gasteiger partial charge in [-0.05, 0) is 63.0 Å². The van der Waals surface area contributed by atoms with Crippen molar-refractivity contribution in [3.63, 3.8) is 0 Å². The second-order valence-corrected chi connectivity index (χ2v) is 7.65. The zero-order valence-electron chi connectivity index (χ0n) is 12.4. The molecule has 1 N–H and O–H groups in total. The van der Waals surface area contributed by atoms with Crippen molar-refractivity contribution in [1.29, 1.82) is 0 Å². The summed E-state index contributed by atoms with van der Waals surface area (Å²) in [4.78, 5) is 3.24. The van der Waals surface area contributed by atoms with E-state index in [1.54, 1.807) is 15.3 Å². The molecule has 2 atom stereocenters. The molecule has 1 heterocycles. The SMILES string of the molecule is CCC(CC1CC1)NC(C)c1cc2c(s1)CCCC2. The highest BCUT2D eigenvalue weighted by molar-refractivity contribution is 7.12. The Morgan fingerprint density at radius 2 is 2.11 bits per heavy atom. The molecule has 2 aliphatic carbocycles. The Bertz CT molecular complexity index is 395. The summed E-state index contributed by atoms with van der Waals surface area (Å²) >= 11 is 2.07. The summed E-state index contributed by atoms with van der Waals surface area (Å²) in [7, 11) is 0. The third-order valence-corrected chi connectivity index (χ3v) is 6.16. The molecule has 0 aromatic carbocycles. The van der Waals surface area contributed by atoms with E-state index in [1.165, 1.54) is 51.4 Å². The molecule has 0 bridgehead atoms. The lowest BCUT2D eigenvalue weighted by molar-refractivity contribution is 0.406. The van der Waals surface area contributed by atoms with Crippen LogP contribution in [0.5, 0.6) is 0 Å². The van der Waals surface area contributed by atoms with Crippen LogP contribution in [0.25, 0.3) is 0 Å². The van der Waals surface area contributed by atoms with Crippen molar-refractivity contribution in [1.82, 2.24) is 5.32 Å². The monoisotopic (exact) mass is 277 g/mol. The van der Waals surface area contributed by atoms with Crippen LogP contribution in [0.3, 0.4) is 0 Å². The van der Waals surface area contributed by atoms with Crippen LogP contribution in [0.1, 0.15) is 73.7 Å². The fourth-order valence-electron chi connectivity index (χ4n) is 3.27. The van der Waals surface area contributed by atoms with Gasteiger partial charge in [-0.3, -0.25) is 0 Å². The van der Waals surface area contributed by atoms with Gasteiger partial charge in [0.25, 0.3) is 0 Å². The van der Waals surface area contributed by atoms with E-state index in [4.69, 9.17) is 0 Å². The molecule has 0 radical (unpaired) electrons. The predicted molar refractivity (Wildman–Crippen MR) is 83.9 cm³/mol. The topological polar surface area (TPSA) is 12.0 Å². The molecule has 1 nitrogen and oxygen atoms in total. The molecule has 1 aromatic rings. The summed E-state index contributed by atoms with van der Waals surface area (Å²) in [5.41, 5.74) is 1.65. The van der Waals surface area contributed by atoms with Gasteiger partial charge in [-0.1, -0.05) is 19.8 Å². The fourth-order valence-corrected chi connectivity index (χ4v) is 4.54. The van der Waals surface area contributed by atoms with Crippen LogP contribution < -0.4 is 5.32 Å². The highest BCUT2D eigenvalue weighted by Gasteiger charge is 2.26. The zero-order chi connectivity index (χ0) is 13.2. The first-order chi connectivity index (χ1) is 9.26. The van der Waals surface area contributed by atoms with Crippen molar-refractivity contribution in [2.24, 2.45) is 5.92 Å². The van der Waals surface area contributed by atoms with Gasteiger partial charge in [0, 0.05) is 21.8 Å². The molecule has 1 aromatic heterocycles. The Morgan fingerprint density at radius 1 is 1.32 bits per heavy atom. The molecule has 0 spiro atoms. The second kappa shape index (κ2) is 5.97. The quantitative estimate of drug-likeness (QED) is 0.783. The Hall–Kier alpha value is -0.340. The van der Waals surface area contributed by atoms with Crippen LogP contribution in [0.4, 0.5) is 0 Å². The average molecular weight is 277 g/mol. The smallest absolute Gasteiger partial charge is 0.0388 e. The Morgan fingerprint density at radius 3 is 2.79 bits per heavy atom. The maximum Gasteiger partial charge on any atom is 0.0388 e. The first kappa shape index (κ1) is 13.6. The van der Waals surface area contributed by atoms with E-state index in [-0.39, 0.29) is 0 Å². The average Bonchev–Trinajstić information content (AvgIpc) is 3.13. The van der Waals surface area contributed by atoms with Crippen LogP contribution >= 0.6 is 11.3 Å². The maximum atomic E-state index is 3.87. The predicted octanol–water partition coefficient (Wildman–Crippen LogP) is 4.86. The zero-order valence-corrected chi connectivity index (χ0v) is 13.2. The molecular weight excluding hydrogens is 250 g/mol. The van der Waals surface area contributed by atoms with Crippen molar-refractivity contribution in [3.8, 4) is 0 Å². The molecular formula is C17H27NS. The van der Waals surface area contributed by atoms with Crippen LogP contribution in [-0.2, 0) is 12.8 Å². The van der Waals surface area contributed by atoms with Crippen molar-refractivity contribution in [3.05, 3.63) is 21.4 Å². The Balaban J connectivity index is 1.61. The molecule has 106 valence electrons. The van der Waals surface area contributed by atoms with Gasteiger partial charge in [-0.25, -0.2) is 0 Å². The lowest BCUT2D eigenvalue weighted by atomic mass is 9.98. The van der Waals surface area contributed by atoms with Gasteiger partial charge in [0.2, 0.25) is 0 Å². The molecule has 2 aliphatic rings. The minimum atomic E-state index is 0.541. The lowest BCUT2D eigenvalue weighted by Gasteiger charge is -2.21. The van der Waals surface area contributed by atoms with Crippen molar-refractivity contribution >= 4 is 11.3 Å². The summed E-state index contributed by atoms with van der Waals surface area (Å²) < 4.78 is 0. The van der Waals surface area contributed by atoms with Crippen LogP contribution in [-0.4, -0.2) is 6.04 Å². The molecule has 19 heavy (non-hydrogen) atoms. The largest absolute Gasteiger partial charge is 0.307 e. The molecule has 2 unspecified atom stereocenters. The summed E-state index contributed by atoms with van der Waals surface area (Å²) in [6.45, 7) is 4.68. The van der Waals surface area contributed by atoms with Crippen molar-refractivity contribution in [2.45, 2.75) is 77.3 Å². The lowest BCUT2D eigenvalue weighted by Crippen LogP contribution is -2.31. The molecule has 2 heteroatoms. The fraction of sp³-hybridized carbons (Fsp3) is 0.765. The highest BCUT2D eigenvalue weighted by atomic mass is 32.1. The maximum absolute atomic E-state index is 3.87. The molecule has 3 rings (SSSR count). The Labute approximate surface area is 121 Å². The summed E-state index contributed by atoms with van der Waals surface area (Å²) in [6.07, 6.45) is 11.0. The first-order valence-corrected chi connectivity index (χ1v) is 8.95. The molecule has 1 fully saturated rings. The summed E-state index contributed by atoms with van der Waals surface area (Å²) in [5.74, 6) is 1.03. The van der Waals surface area contributed by atoms with Gasteiger partial charge < -0.3 is 5.32 Å². The van der Waals surface area contributed by atoms with Crippen LogP contribution in [0.15, 0.2) is 6.07 Å². The van der Waals surface area contributed by atoms with Crippen LogP contribution in [0.2, 0.25) is 0 Å². The van der Waals surface area contributed by atoms with Crippen LogP contribution in [0, 0.1) is 5.92 Å².